The SMILES string of the molecule is CNCCc1nc(-c2ccc(C)cc2)cs1.Cl. The van der Waals surface area contributed by atoms with Crippen LogP contribution in [-0.2, 0) is 6.42 Å². The molecule has 1 aromatic carbocycles. The summed E-state index contributed by atoms with van der Waals surface area (Å²) in [5.41, 5.74) is 3.59. The van der Waals surface area contributed by atoms with Crippen LogP contribution in [0.15, 0.2) is 29.6 Å². The number of benzene rings is 1. The molecule has 2 rings (SSSR count). The number of rotatable bonds is 4. The average molecular weight is 269 g/mol. The summed E-state index contributed by atoms with van der Waals surface area (Å²) in [6, 6.07) is 8.52. The molecule has 2 nitrogen and oxygen atoms in total. The van der Waals surface area contributed by atoms with E-state index in [0.29, 0.717) is 0 Å². The Morgan fingerprint density at radius 2 is 1.94 bits per heavy atom. The van der Waals surface area contributed by atoms with E-state index in [-0.39, 0.29) is 12.4 Å². The molecule has 2 aromatic rings. The molecule has 1 aromatic heterocycles. The fourth-order valence-corrected chi connectivity index (χ4v) is 2.32. The zero-order valence-electron chi connectivity index (χ0n) is 10.1. The normalized spacial score (nSPS) is 10.0. The molecule has 0 saturated carbocycles. The lowest BCUT2D eigenvalue weighted by Gasteiger charge is -1.97. The zero-order valence-corrected chi connectivity index (χ0v) is 11.7. The summed E-state index contributed by atoms with van der Waals surface area (Å²) in [7, 11) is 1.97. The van der Waals surface area contributed by atoms with Crippen LogP contribution in [0.1, 0.15) is 10.6 Å². The Labute approximate surface area is 113 Å². The lowest BCUT2D eigenvalue weighted by atomic mass is 10.1. The van der Waals surface area contributed by atoms with Crippen molar-refractivity contribution in [1.29, 1.82) is 0 Å². The van der Waals surface area contributed by atoms with E-state index >= 15 is 0 Å². The highest BCUT2D eigenvalue weighted by Gasteiger charge is 2.03. The predicted molar refractivity (Wildman–Crippen MR) is 77.2 cm³/mol. The number of thiazole rings is 1. The van der Waals surface area contributed by atoms with Crippen LogP contribution < -0.4 is 5.32 Å². The van der Waals surface area contributed by atoms with E-state index in [1.807, 2.05) is 7.05 Å². The number of hydrogen-bond acceptors (Lipinski definition) is 3. The quantitative estimate of drug-likeness (QED) is 0.920. The number of aromatic nitrogens is 1. The van der Waals surface area contributed by atoms with Crippen LogP contribution in [0.2, 0.25) is 0 Å². The molecule has 0 aliphatic carbocycles. The lowest BCUT2D eigenvalue weighted by molar-refractivity contribution is 0.788. The van der Waals surface area contributed by atoms with Gasteiger partial charge >= 0.3 is 0 Å². The van der Waals surface area contributed by atoms with Gasteiger partial charge in [0.2, 0.25) is 0 Å². The number of likely N-dealkylation sites (N-methyl/N-ethyl adjacent to an activating group) is 1. The maximum absolute atomic E-state index is 4.63. The molecule has 0 spiro atoms. The number of halogens is 1. The van der Waals surface area contributed by atoms with E-state index in [0.717, 1.165) is 18.7 Å². The monoisotopic (exact) mass is 268 g/mol. The van der Waals surface area contributed by atoms with Gasteiger partial charge in [-0.3, -0.25) is 0 Å². The van der Waals surface area contributed by atoms with Gasteiger partial charge in [0, 0.05) is 23.9 Å². The fourth-order valence-electron chi connectivity index (χ4n) is 1.51. The van der Waals surface area contributed by atoms with Gasteiger partial charge in [0.25, 0.3) is 0 Å². The molecule has 92 valence electrons. The third kappa shape index (κ3) is 3.80. The van der Waals surface area contributed by atoms with Gasteiger partial charge in [-0.1, -0.05) is 29.8 Å². The van der Waals surface area contributed by atoms with Gasteiger partial charge in [0.1, 0.15) is 0 Å². The second kappa shape index (κ2) is 6.74. The topological polar surface area (TPSA) is 24.9 Å². The number of aryl methyl sites for hydroxylation is 1. The highest BCUT2D eigenvalue weighted by Crippen LogP contribution is 2.22. The van der Waals surface area contributed by atoms with Crippen LogP contribution in [-0.4, -0.2) is 18.6 Å². The molecule has 0 aliphatic heterocycles. The molecule has 0 amide bonds. The minimum Gasteiger partial charge on any atom is -0.319 e. The summed E-state index contributed by atoms with van der Waals surface area (Å²) in [5, 5.41) is 6.47. The molecule has 0 radical (unpaired) electrons. The van der Waals surface area contributed by atoms with Gasteiger partial charge in [0.15, 0.2) is 0 Å². The van der Waals surface area contributed by atoms with Crippen molar-refractivity contribution < 1.29 is 0 Å². The van der Waals surface area contributed by atoms with Gasteiger partial charge < -0.3 is 5.32 Å². The highest BCUT2D eigenvalue weighted by atomic mass is 35.5. The highest BCUT2D eigenvalue weighted by molar-refractivity contribution is 7.09. The molecule has 0 unspecified atom stereocenters. The smallest absolute Gasteiger partial charge is 0.0945 e. The van der Waals surface area contributed by atoms with Crippen LogP contribution in [0.4, 0.5) is 0 Å². The average Bonchev–Trinajstić information content (AvgIpc) is 2.76. The standard InChI is InChI=1S/C13H16N2S.ClH/c1-10-3-5-11(6-4-10)12-9-16-13(15-12)7-8-14-2;/h3-6,9,14H,7-8H2,1-2H3;1H. The second-order valence-electron chi connectivity index (χ2n) is 3.85. The van der Waals surface area contributed by atoms with Crippen molar-refractivity contribution >= 4 is 23.7 Å². The van der Waals surface area contributed by atoms with Crippen molar-refractivity contribution in [3.05, 3.63) is 40.2 Å². The summed E-state index contributed by atoms with van der Waals surface area (Å²) in [4.78, 5) is 4.63. The van der Waals surface area contributed by atoms with Crippen LogP contribution >= 0.6 is 23.7 Å². The molecule has 0 fully saturated rings. The Balaban J connectivity index is 0.00000144. The lowest BCUT2D eigenvalue weighted by Crippen LogP contribution is -2.09. The number of nitrogens with one attached hydrogen (secondary N) is 1. The van der Waals surface area contributed by atoms with Gasteiger partial charge in [-0.15, -0.1) is 23.7 Å². The number of nitrogens with zero attached hydrogens (tertiary/aromatic N) is 1. The van der Waals surface area contributed by atoms with E-state index < -0.39 is 0 Å². The minimum atomic E-state index is 0. The van der Waals surface area contributed by atoms with Crippen molar-refractivity contribution in [1.82, 2.24) is 10.3 Å². The summed E-state index contributed by atoms with van der Waals surface area (Å²) >= 11 is 1.74. The van der Waals surface area contributed by atoms with Gasteiger partial charge in [-0.05, 0) is 14.0 Å². The van der Waals surface area contributed by atoms with Crippen LogP contribution in [0.25, 0.3) is 11.3 Å². The van der Waals surface area contributed by atoms with E-state index in [1.54, 1.807) is 11.3 Å². The summed E-state index contributed by atoms with van der Waals surface area (Å²) in [5.74, 6) is 0. The maximum atomic E-state index is 4.63. The minimum absolute atomic E-state index is 0. The molecular formula is C13H17ClN2S. The third-order valence-electron chi connectivity index (χ3n) is 2.49. The maximum Gasteiger partial charge on any atom is 0.0945 e. The van der Waals surface area contributed by atoms with Crippen LogP contribution in [0.5, 0.6) is 0 Å². The first kappa shape index (κ1) is 14.2. The van der Waals surface area contributed by atoms with Crippen molar-refractivity contribution in [2.24, 2.45) is 0 Å². The first-order valence-corrected chi connectivity index (χ1v) is 6.33. The van der Waals surface area contributed by atoms with Crippen LogP contribution in [0.3, 0.4) is 0 Å². The Kier molecular flexibility index (Phi) is 5.62. The number of hydrogen-bond donors (Lipinski definition) is 1. The largest absolute Gasteiger partial charge is 0.319 e. The molecule has 17 heavy (non-hydrogen) atoms. The van der Waals surface area contributed by atoms with E-state index in [9.17, 15) is 0 Å². The molecule has 0 atom stereocenters. The molecule has 0 aliphatic rings. The second-order valence-corrected chi connectivity index (χ2v) is 4.79. The molecule has 1 N–H and O–H groups in total. The molecular weight excluding hydrogens is 252 g/mol. The zero-order chi connectivity index (χ0) is 11.4. The molecule has 0 bridgehead atoms. The van der Waals surface area contributed by atoms with Crippen molar-refractivity contribution in [2.75, 3.05) is 13.6 Å². The Bertz CT molecular complexity index is 451. The first-order valence-electron chi connectivity index (χ1n) is 5.45. The Morgan fingerprint density at radius 3 is 2.59 bits per heavy atom. The third-order valence-corrected chi connectivity index (χ3v) is 3.40. The van der Waals surface area contributed by atoms with Crippen molar-refractivity contribution in [2.45, 2.75) is 13.3 Å². The van der Waals surface area contributed by atoms with Crippen LogP contribution in [0, 0.1) is 6.92 Å². The molecule has 1 heterocycles. The summed E-state index contributed by atoms with van der Waals surface area (Å²) in [6.45, 7) is 3.09. The van der Waals surface area contributed by atoms with Crippen molar-refractivity contribution in [3.63, 3.8) is 0 Å². The summed E-state index contributed by atoms with van der Waals surface area (Å²) in [6.07, 6.45) is 1.01. The molecule has 4 heteroatoms. The Hall–Kier alpha value is -0.900. The van der Waals surface area contributed by atoms with Crippen molar-refractivity contribution in [3.8, 4) is 11.3 Å². The fraction of sp³-hybridized carbons (Fsp3) is 0.308. The van der Waals surface area contributed by atoms with E-state index in [2.05, 4.69) is 46.9 Å². The Morgan fingerprint density at radius 1 is 1.24 bits per heavy atom. The molecule has 0 saturated heterocycles. The van der Waals surface area contributed by atoms with E-state index in [4.69, 9.17) is 0 Å². The van der Waals surface area contributed by atoms with Gasteiger partial charge in [-0.25, -0.2) is 4.98 Å². The van der Waals surface area contributed by atoms with E-state index in [1.165, 1.54) is 16.1 Å². The first-order chi connectivity index (χ1) is 7.79. The predicted octanol–water partition coefficient (Wildman–Crippen LogP) is 3.30. The van der Waals surface area contributed by atoms with Gasteiger partial charge in [-0.2, -0.15) is 0 Å². The summed E-state index contributed by atoms with van der Waals surface area (Å²) < 4.78 is 0. The van der Waals surface area contributed by atoms with Gasteiger partial charge in [0.05, 0.1) is 10.7 Å².